The highest BCUT2D eigenvalue weighted by molar-refractivity contribution is 5.81. The zero-order valence-corrected chi connectivity index (χ0v) is 11.8. The third-order valence-electron chi connectivity index (χ3n) is 3.55. The van der Waals surface area contributed by atoms with Crippen LogP contribution in [0.1, 0.15) is 24.8 Å². The zero-order valence-electron chi connectivity index (χ0n) is 11.8. The van der Waals surface area contributed by atoms with E-state index in [2.05, 4.69) is 39.8 Å². The number of hydrogen-bond donors (Lipinski definition) is 2. The molecule has 1 atom stereocenters. The number of rotatable bonds is 4. The quantitative estimate of drug-likeness (QED) is 0.863. The fraction of sp³-hybridized carbons (Fsp3) is 0.533. The van der Waals surface area contributed by atoms with Crippen molar-refractivity contribution in [3.8, 4) is 0 Å². The Morgan fingerprint density at radius 3 is 2.63 bits per heavy atom. The van der Waals surface area contributed by atoms with E-state index in [0.29, 0.717) is 6.54 Å². The third-order valence-corrected chi connectivity index (χ3v) is 3.55. The number of anilines is 1. The van der Waals surface area contributed by atoms with Crippen LogP contribution in [-0.4, -0.2) is 32.6 Å². The molecule has 0 unspecified atom stereocenters. The molecule has 1 heterocycles. The Bertz CT molecular complexity index is 408. The average Bonchev–Trinajstić information content (AvgIpc) is 2.46. The SMILES string of the molecule is CN(C)c1ccc(CNC(=O)[C@@H]2CCCCN2)cc1. The van der Waals surface area contributed by atoms with E-state index in [-0.39, 0.29) is 11.9 Å². The summed E-state index contributed by atoms with van der Waals surface area (Å²) < 4.78 is 0. The fourth-order valence-corrected chi connectivity index (χ4v) is 2.30. The lowest BCUT2D eigenvalue weighted by molar-refractivity contribution is -0.123. The summed E-state index contributed by atoms with van der Waals surface area (Å²) in [7, 11) is 4.04. The predicted molar refractivity (Wildman–Crippen MR) is 78.3 cm³/mol. The summed E-state index contributed by atoms with van der Waals surface area (Å²) in [6, 6.07) is 8.25. The van der Waals surface area contributed by atoms with Crippen LogP contribution in [0.3, 0.4) is 0 Å². The minimum atomic E-state index is -0.00482. The lowest BCUT2D eigenvalue weighted by Crippen LogP contribution is -2.46. The molecule has 4 nitrogen and oxygen atoms in total. The van der Waals surface area contributed by atoms with Gasteiger partial charge in [0.1, 0.15) is 0 Å². The molecule has 1 aliphatic heterocycles. The second kappa shape index (κ2) is 6.57. The molecule has 0 bridgehead atoms. The van der Waals surface area contributed by atoms with Gasteiger partial charge < -0.3 is 15.5 Å². The molecular weight excluding hydrogens is 238 g/mol. The first-order valence-electron chi connectivity index (χ1n) is 6.94. The van der Waals surface area contributed by atoms with Gasteiger partial charge in [0.2, 0.25) is 5.91 Å². The van der Waals surface area contributed by atoms with Gasteiger partial charge in [0.25, 0.3) is 0 Å². The summed E-state index contributed by atoms with van der Waals surface area (Å²) in [6.07, 6.45) is 3.27. The molecule has 0 aromatic heterocycles. The maximum absolute atomic E-state index is 12.0. The van der Waals surface area contributed by atoms with E-state index in [4.69, 9.17) is 0 Å². The Morgan fingerprint density at radius 2 is 2.05 bits per heavy atom. The Morgan fingerprint density at radius 1 is 1.32 bits per heavy atom. The Kier molecular flexibility index (Phi) is 4.80. The first-order valence-corrected chi connectivity index (χ1v) is 6.94. The fourth-order valence-electron chi connectivity index (χ4n) is 2.30. The summed E-state index contributed by atoms with van der Waals surface area (Å²) in [5, 5.41) is 6.26. The van der Waals surface area contributed by atoms with Crippen molar-refractivity contribution in [1.82, 2.24) is 10.6 Å². The van der Waals surface area contributed by atoms with Crippen LogP contribution >= 0.6 is 0 Å². The van der Waals surface area contributed by atoms with Gasteiger partial charge in [0, 0.05) is 26.3 Å². The molecule has 1 amide bonds. The molecule has 1 saturated heterocycles. The van der Waals surface area contributed by atoms with Gasteiger partial charge in [-0.2, -0.15) is 0 Å². The van der Waals surface area contributed by atoms with Crippen molar-refractivity contribution in [2.24, 2.45) is 0 Å². The molecule has 0 spiro atoms. The van der Waals surface area contributed by atoms with E-state index >= 15 is 0 Å². The molecule has 0 radical (unpaired) electrons. The zero-order chi connectivity index (χ0) is 13.7. The van der Waals surface area contributed by atoms with Crippen LogP contribution in [0.25, 0.3) is 0 Å². The van der Waals surface area contributed by atoms with Crippen LogP contribution in [0, 0.1) is 0 Å². The highest BCUT2D eigenvalue weighted by atomic mass is 16.2. The van der Waals surface area contributed by atoms with Gasteiger partial charge in [0.05, 0.1) is 6.04 Å². The molecule has 4 heteroatoms. The Balaban J connectivity index is 1.82. The van der Waals surface area contributed by atoms with Crippen molar-refractivity contribution in [2.45, 2.75) is 31.8 Å². The number of nitrogens with zero attached hydrogens (tertiary/aromatic N) is 1. The molecule has 0 aliphatic carbocycles. The van der Waals surface area contributed by atoms with E-state index in [1.807, 2.05) is 14.1 Å². The lowest BCUT2D eigenvalue weighted by atomic mass is 10.0. The number of carbonyl (C=O) groups is 1. The van der Waals surface area contributed by atoms with Crippen molar-refractivity contribution < 1.29 is 4.79 Å². The molecule has 104 valence electrons. The van der Waals surface area contributed by atoms with Crippen molar-refractivity contribution in [1.29, 1.82) is 0 Å². The van der Waals surface area contributed by atoms with Gasteiger partial charge in [-0.3, -0.25) is 4.79 Å². The molecule has 2 N–H and O–H groups in total. The molecular formula is C15H23N3O. The number of nitrogens with one attached hydrogen (secondary N) is 2. The van der Waals surface area contributed by atoms with E-state index < -0.39 is 0 Å². The average molecular weight is 261 g/mol. The van der Waals surface area contributed by atoms with Crippen LogP contribution < -0.4 is 15.5 Å². The Hall–Kier alpha value is -1.55. The maximum Gasteiger partial charge on any atom is 0.237 e. The standard InChI is InChI=1S/C15H23N3O/c1-18(2)13-8-6-12(7-9-13)11-17-15(19)14-5-3-4-10-16-14/h6-9,14,16H,3-5,10-11H2,1-2H3,(H,17,19)/t14-/m0/s1. The highest BCUT2D eigenvalue weighted by Crippen LogP contribution is 2.12. The number of benzene rings is 1. The van der Waals surface area contributed by atoms with Crippen LogP contribution in [0.5, 0.6) is 0 Å². The minimum absolute atomic E-state index is 0.00482. The largest absolute Gasteiger partial charge is 0.378 e. The van der Waals surface area contributed by atoms with Gasteiger partial charge in [-0.05, 0) is 37.1 Å². The summed E-state index contributed by atoms with van der Waals surface area (Å²) in [5.41, 5.74) is 2.30. The second-order valence-electron chi connectivity index (χ2n) is 5.28. The molecule has 1 aromatic rings. The Labute approximate surface area is 115 Å². The third kappa shape index (κ3) is 3.96. The van der Waals surface area contributed by atoms with Crippen LogP contribution in [0.4, 0.5) is 5.69 Å². The maximum atomic E-state index is 12.0. The lowest BCUT2D eigenvalue weighted by Gasteiger charge is -2.22. The number of carbonyl (C=O) groups excluding carboxylic acids is 1. The minimum Gasteiger partial charge on any atom is -0.378 e. The molecule has 1 fully saturated rings. The second-order valence-corrected chi connectivity index (χ2v) is 5.28. The summed E-state index contributed by atoms with van der Waals surface area (Å²) in [6.45, 7) is 1.56. The first kappa shape index (κ1) is 13.9. The number of hydrogen-bond acceptors (Lipinski definition) is 3. The van der Waals surface area contributed by atoms with Crippen LogP contribution in [-0.2, 0) is 11.3 Å². The molecule has 0 saturated carbocycles. The molecule has 1 aliphatic rings. The normalized spacial score (nSPS) is 18.9. The van der Waals surface area contributed by atoms with Crippen molar-refractivity contribution in [2.75, 3.05) is 25.5 Å². The van der Waals surface area contributed by atoms with Crippen LogP contribution in [0.15, 0.2) is 24.3 Å². The van der Waals surface area contributed by atoms with E-state index in [1.54, 1.807) is 0 Å². The number of piperidine rings is 1. The van der Waals surface area contributed by atoms with E-state index in [0.717, 1.165) is 24.9 Å². The predicted octanol–water partition coefficient (Wildman–Crippen LogP) is 1.51. The summed E-state index contributed by atoms with van der Waals surface area (Å²) >= 11 is 0. The topological polar surface area (TPSA) is 44.4 Å². The number of amides is 1. The molecule has 1 aromatic carbocycles. The van der Waals surface area contributed by atoms with Gasteiger partial charge in [0.15, 0.2) is 0 Å². The first-order chi connectivity index (χ1) is 9.16. The molecule has 19 heavy (non-hydrogen) atoms. The van der Waals surface area contributed by atoms with Crippen LogP contribution in [0.2, 0.25) is 0 Å². The molecule has 2 rings (SSSR count). The van der Waals surface area contributed by atoms with Crippen molar-refractivity contribution in [3.63, 3.8) is 0 Å². The van der Waals surface area contributed by atoms with Gasteiger partial charge in [-0.15, -0.1) is 0 Å². The summed E-state index contributed by atoms with van der Waals surface area (Å²) in [4.78, 5) is 14.0. The highest BCUT2D eigenvalue weighted by Gasteiger charge is 2.19. The van der Waals surface area contributed by atoms with Gasteiger partial charge >= 0.3 is 0 Å². The van der Waals surface area contributed by atoms with E-state index in [9.17, 15) is 4.79 Å². The summed E-state index contributed by atoms with van der Waals surface area (Å²) in [5.74, 6) is 0.122. The van der Waals surface area contributed by atoms with Gasteiger partial charge in [-0.25, -0.2) is 0 Å². The monoisotopic (exact) mass is 261 g/mol. The van der Waals surface area contributed by atoms with E-state index in [1.165, 1.54) is 12.1 Å². The smallest absolute Gasteiger partial charge is 0.237 e. The van der Waals surface area contributed by atoms with Crippen molar-refractivity contribution in [3.05, 3.63) is 29.8 Å². The van der Waals surface area contributed by atoms with Crippen molar-refractivity contribution >= 4 is 11.6 Å². The van der Waals surface area contributed by atoms with Gasteiger partial charge in [-0.1, -0.05) is 18.6 Å².